The fourth-order valence-corrected chi connectivity index (χ4v) is 2.36. The van der Waals surface area contributed by atoms with Crippen LogP contribution in [0.25, 0.3) is 0 Å². The van der Waals surface area contributed by atoms with Gasteiger partial charge in [-0.15, -0.1) is 0 Å². The van der Waals surface area contributed by atoms with Gasteiger partial charge in [0.2, 0.25) is 0 Å². The van der Waals surface area contributed by atoms with Crippen molar-refractivity contribution in [2.24, 2.45) is 0 Å². The third kappa shape index (κ3) is 2.30. The Hall–Kier alpha value is -0.500. The maximum atomic E-state index is 10.7. The molecule has 0 aliphatic heterocycles. The van der Waals surface area contributed by atoms with Crippen LogP contribution in [0.15, 0.2) is 21.5 Å². The quantitative estimate of drug-likeness (QED) is 0.517. The van der Waals surface area contributed by atoms with Gasteiger partial charge in [-0.2, -0.15) is 0 Å². The van der Waals surface area contributed by atoms with Gasteiger partial charge >= 0.3 is 0 Å². The predicted molar refractivity (Wildman–Crippen MR) is 54.8 cm³/mol. The van der Waals surface area contributed by atoms with Gasteiger partial charge in [-0.1, -0.05) is 11.6 Å². The molecule has 0 radical (unpaired) electrons. The summed E-state index contributed by atoms with van der Waals surface area (Å²) in [5.74, 6) is 0. The van der Waals surface area contributed by atoms with Crippen molar-refractivity contribution in [3.63, 3.8) is 0 Å². The lowest BCUT2D eigenvalue weighted by Crippen LogP contribution is -1.96. The first-order chi connectivity index (χ1) is 6.43. The van der Waals surface area contributed by atoms with E-state index in [0.717, 1.165) is 6.07 Å². The third-order valence-corrected chi connectivity index (χ3v) is 3.38. The van der Waals surface area contributed by atoms with E-state index in [2.05, 4.69) is 15.9 Å². The first kappa shape index (κ1) is 11.6. The minimum Gasteiger partial charge on any atom is -0.302 e. The second kappa shape index (κ2) is 4.35. The van der Waals surface area contributed by atoms with E-state index in [1.807, 2.05) is 0 Å². The summed E-state index contributed by atoms with van der Waals surface area (Å²) in [4.78, 5) is 9.68. The smallest absolute Gasteiger partial charge is 0.286 e. The van der Waals surface area contributed by atoms with Crippen LogP contribution in [0.1, 0.15) is 0 Å². The highest BCUT2D eigenvalue weighted by molar-refractivity contribution is 9.10. The Labute approximate surface area is 94.6 Å². The molecule has 0 amide bonds. The third-order valence-electron chi connectivity index (χ3n) is 1.37. The number of hydrogen-bond acceptors (Lipinski definition) is 3. The Morgan fingerprint density at radius 1 is 1.57 bits per heavy atom. The Morgan fingerprint density at radius 2 is 2.14 bits per heavy atom. The van der Waals surface area contributed by atoms with Crippen LogP contribution in [0, 0.1) is 10.1 Å². The minimum absolute atomic E-state index is 0.0345. The molecule has 1 rings (SSSR count). The fraction of sp³-hybridized carbons (Fsp3) is 0. The Bertz CT molecular complexity index is 389. The number of rotatable bonds is 2. The SMILES string of the molecule is O=[N+]([O-])c1cc(Cl)cc(S(=O)O)c1Br. The topological polar surface area (TPSA) is 80.4 Å². The number of nitrogens with zero attached hydrogens (tertiary/aromatic N) is 1. The van der Waals surface area contributed by atoms with Gasteiger partial charge < -0.3 is 4.55 Å². The molecule has 14 heavy (non-hydrogen) atoms. The zero-order valence-corrected chi connectivity index (χ0v) is 9.60. The molecule has 0 aromatic heterocycles. The Kier molecular flexibility index (Phi) is 3.59. The number of hydrogen-bond donors (Lipinski definition) is 1. The number of nitro benzene ring substituents is 1. The molecule has 0 saturated carbocycles. The molecule has 1 unspecified atom stereocenters. The summed E-state index contributed by atoms with van der Waals surface area (Å²) in [6.45, 7) is 0. The molecule has 5 nitrogen and oxygen atoms in total. The fourth-order valence-electron chi connectivity index (χ4n) is 0.810. The van der Waals surface area contributed by atoms with Gasteiger partial charge in [0.05, 0.1) is 9.82 Å². The van der Waals surface area contributed by atoms with Crippen LogP contribution in [-0.4, -0.2) is 13.7 Å². The van der Waals surface area contributed by atoms with Crippen LogP contribution >= 0.6 is 27.5 Å². The lowest BCUT2D eigenvalue weighted by Gasteiger charge is -2.01. The van der Waals surface area contributed by atoms with Crippen molar-refractivity contribution >= 4 is 44.3 Å². The average Bonchev–Trinajstić information content (AvgIpc) is 2.07. The van der Waals surface area contributed by atoms with Crippen molar-refractivity contribution in [2.45, 2.75) is 4.90 Å². The molecule has 0 spiro atoms. The van der Waals surface area contributed by atoms with Crippen molar-refractivity contribution in [3.05, 3.63) is 31.7 Å². The van der Waals surface area contributed by atoms with Gasteiger partial charge in [-0.3, -0.25) is 10.1 Å². The van der Waals surface area contributed by atoms with E-state index >= 15 is 0 Å². The maximum absolute atomic E-state index is 10.7. The standard InChI is InChI=1S/C6H3BrClNO4S/c7-6-4(9(10)11)1-3(8)2-5(6)14(12)13/h1-2H,(H,12,13). The molecule has 76 valence electrons. The van der Waals surface area contributed by atoms with Gasteiger partial charge in [0.15, 0.2) is 11.1 Å². The van der Waals surface area contributed by atoms with Gasteiger partial charge in [0.25, 0.3) is 5.69 Å². The largest absolute Gasteiger partial charge is 0.302 e. The van der Waals surface area contributed by atoms with Gasteiger partial charge in [0.1, 0.15) is 4.47 Å². The molecule has 8 heteroatoms. The van der Waals surface area contributed by atoms with Crippen LogP contribution in [0.5, 0.6) is 0 Å². The van der Waals surface area contributed by atoms with E-state index in [4.69, 9.17) is 16.2 Å². The van der Waals surface area contributed by atoms with Crippen LogP contribution < -0.4 is 0 Å². The predicted octanol–water partition coefficient (Wildman–Crippen LogP) is 2.59. The summed E-state index contributed by atoms with van der Waals surface area (Å²) in [5, 5.41) is 10.5. The van der Waals surface area contributed by atoms with Crippen LogP contribution in [0.4, 0.5) is 5.69 Å². The summed E-state index contributed by atoms with van der Waals surface area (Å²) >= 11 is 6.09. The molecule has 0 saturated heterocycles. The lowest BCUT2D eigenvalue weighted by atomic mass is 10.3. The second-order valence-electron chi connectivity index (χ2n) is 2.24. The normalized spacial score (nSPS) is 12.5. The molecule has 0 aliphatic carbocycles. The van der Waals surface area contributed by atoms with Gasteiger partial charge in [-0.25, -0.2) is 4.21 Å². The van der Waals surface area contributed by atoms with Gasteiger partial charge in [0, 0.05) is 11.1 Å². The summed E-state index contributed by atoms with van der Waals surface area (Å²) in [6, 6.07) is 2.29. The van der Waals surface area contributed by atoms with E-state index < -0.39 is 16.0 Å². The molecule has 1 atom stereocenters. The molecule has 1 aromatic carbocycles. The number of nitro groups is 1. The van der Waals surface area contributed by atoms with E-state index in [1.54, 1.807) is 0 Å². The Balaban J connectivity index is 3.47. The number of benzene rings is 1. The highest BCUT2D eigenvalue weighted by atomic mass is 79.9. The van der Waals surface area contributed by atoms with E-state index in [9.17, 15) is 14.3 Å². The molecule has 0 heterocycles. The molecule has 0 fully saturated rings. The molecular formula is C6H3BrClNO4S. The zero-order valence-electron chi connectivity index (χ0n) is 6.44. The summed E-state index contributed by atoms with van der Waals surface area (Å²) < 4.78 is 19.5. The molecule has 1 N–H and O–H groups in total. The molecule has 1 aromatic rings. The monoisotopic (exact) mass is 299 g/mol. The van der Waals surface area contributed by atoms with Crippen molar-refractivity contribution in [2.75, 3.05) is 0 Å². The van der Waals surface area contributed by atoms with E-state index in [-0.39, 0.29) is 20.1 Å². The average molecular weight is 301 g/mol. The highest BCUT2D eigenvalue weighted by Gasteiger charge is 2.19. The van der Waals surface area contributed by atoms with Crippen molar-refractivity contribution in [3.8, 4) is 0 Å². The van der Waals surface area contributed by atoms with Gasteiger partial charge in [-0.05, 0) is 22.0 Å². The maximum Gasteiger partial charge on any atom is 0.286 e. The Morgan fingerprint density at radius 3 is 2.57 bits per heavy atom. The highest BCUT2D eigenvalue weighted by Crippen LogP contribution is 2.33. The summed E-state index contributed by atoms with van der Waals surface area (Å²) in [6.07, 6.45) is 0. The van der Waals surface area contributed by atoms with Crippen LogP contribution in [0.2, 0.25) is 5.02 Å². The first-order valence-electron chi connectivity index (χ1n) is 3.17. The lowest BCUT2D eigenvalue weighted by molar-refractivity contribution is -0.385. The van der Waals surface area contributed by atoms with E-state index in [0.29, 0.717) is 0 Å². The number of halogens is 2. The summed E-state index contributed by atoms with van der Waals surface area (Å²) in [5.41, 5.74) is -0.338. The minimum atomic E-state index is -2.31. The second-order valence-corrected chi connectivity index (χ2v) is 4.41. The van der Waals surface area contributed by atoms with Crippen molar-refractivity contribution in [1.29, 1.82) is 0 Å². The molecular weight excluding hydrogens is 297 g/mol. The summed E-state index contributed by atoms with van der Waals surface area (Å²) in [7, 11) is 0. The zero-order chi connectivity index (χ0) is 10.9. The van der Waals surface area contributed by atoms with Crippen molar-refractivity contribution in [1.82, 2.24) is 0 Å². The van der Waals surface area contributed by atoms with Crippen molar-refractivity contribution < 1.29 is 13.7 Å². The van der Waals surface area contributed by atoms with E-state index in [1.165, 1.54) is 6.07 Å². The van der Waals surface area contributed by atoms with Crippen LogP contribution in [-0.2, 0) is 11.1 Å². The van der Waals surface area contributed by atoms with Crippen LogP contribution in [0.3, 0.4) is 0 Å². The first-order valence-corrected chi connectivity index (χ1v) is 5.45. The molecule has 0 aliphatic rings. The molecule has 0 bridgehead atoms.